The Bertz CT molecular complexity index is 1230. The van der Waals surface area contributed by atoms with Crippen molar-refractivity contribution >= 4 is 17.5 Å². The molecule has 184 valence electrons. The first-order valence-electron chi connectivity index (χ1n) is 12.3. The minimum Gasteiger partial charge on any atom is -0.365 e. The van der Waals surface area contributed by atoms with Gasteiger partial charge in [-0.05, 0) is 93.0 Å². The highest BCUT2D eigenvalue weighted by atomic mass is 19.1. The van der Waals surface area contributed by atoms with Crippen LogP contribution in [0.1, 0.15) is 63.9 Å². The molecule has 4 heterocycles. The number of rotatable bonds is 6. The Morgan fingerprint density at radius 1 is 1.11 bits per heavy atom. The van der Waals surface area contributed by atoms with Gasteiger partial charge in [0.15, 0.2) is 11.6 Å². The summed E-state index contributed by atoms with van der Waals surface area (Å²) in [6.07, 6.45) is 8.82. The van der Waals surface area contributed by atoms with Crippen LogP contribution in [0.25, 0.3) is 5.69 Å². The summed E-state index contributed by atoms with van der Waals surface area (Å²) >= 11 is 0. The maximum atomic E-state index is 15.0. The highest BCUT2D eigenvalue weighted by Gasteiger charge is 2.43. The lowest BCUT2D eigenvalue weighted by atomic mass is 9.84. The van der Waals surface area contributed by atoms with Crippen LogP contribution < -0.4 is 10.6 Å². The van der Waals surface area contributed by atoms with Gasteiger partial charge in [0.25, 0.3) is 0 Å². The molecule has 0 radical (unpaired) electrons. The standard InChI is InChI=1S/C24H29F2N9/c1-24(2)11-15(8-16-4-3-7-34(16)24)29-22-19(26)12-27-23(31-22)30-20-10-21(35-13-28-32-33-35)17(9-18(20)25)14-5-6-14/h9-10,12-16H,3-8,11H2,1-2H3,(H2,27,29,30,31). The van der Waals surface area contributed by atoms with E-state index in [9.17, 15) is 4.39 Å². The topological polar surface area (TPSA) is 96.7 Å². The summed E-state index contributed by atoms with van der Waals surface area (Å²) in [7, 11) is 0. The van der Waals surface area contributed by atoms with Crippen LogP contribution in [-0.2, 0) is 0 Å². The molecule has 35 heavy (non-hydrogen) atoms. The van der Waals surface area contributed by atoms with Crippen molar-refractivity contribution < 1.29 is 8.78 Å². The summed E-state index contributed by atoms with van der Waals surface area (Å²) in [5.74, 6) is -0.411. The third-order valence-electron chi connectivity index (χ3n) is 7.52. The molecule has 2 aromatic heterocycles. The zero-order chi connectivity index (χ0) is 24.2. The molecule has 9 nitrogen and oxygen atoms in total. The maximum Gasteiger partial charge on any atom is 0.229 e. The molecule has 1 aliphatic carbocycles. The number of hydrogen-bond donors (Lipinski definition) is 2. The van der Waals surface area contributed by atoms with Crippen molar-refractivity contribution in [3.05, 3.63) is 41.9 Å². The Morgan fingerprint density at radius 2 is 1.97 bits per heavy atom. The van der Waals surface area contributed by atoms with Crippen molar-refractivity contribution in [2.45, 2.75) is 75.9 Å². The normalized spacial score (nSPS) is 23.8. The molecular formula is C24H29F2N9. The zero-order valence-corrected chi connectivity index (χ0v) is 19.9. The molecule has 1 aromatic carbocycles. The number of nitrogens with one attached hydrogen (secondary N) is 2. The van der Waals surface area contributed by atoms with Gasteiger partial charge in [-0.15, -0.1) is 5.10 Å². The number of benzene rings is 1. The summed E-state index contributed by atoms with van der Waals surface area (Å²) in [4.78, 5) is 11.0. The fourth-order valence-corrected chi connectivity index (χ4v) is 5.83. The second-order valence-electron chi connectivity index (χ2n) is 10.5. The molecular weight excluding hydrogens is 452 g/mol. The minimum atomic E-state index is -0.527. The average molecular weight is 482 g/mol. The number of halogens is 2. The van der Waals surface area contributed by atoms with Gasteiger partial charge in [0.05, 0.1) is 17.6 Å². The van der Waals surface area contributed by atoms with Crippen LogP contribution in [0.4, 0.5) is 26.2 Å². The monoisotopic (exact) mass is 481 g/mol. The first-order valence-corrected chi connectivity index (χ1v) is 12.3. The molecule has 2 aliphatic heterocycles. The summed E-state index contributed by atoms with van der Waals surface area (Å²) in [6.45, 7) is 5.62. The largest absolute Gasteiger partial charge is 0.365 e. The Kier molecular flexibility index (Phi) is 5.39. The summed E-state index contributed by atoms with van der Waals surface area (Å²) in [5, 5.41) is 17.6. The van der Waals surface area contributed by atoms with Gasteiger partial charge in [-0.2, -0.15) is 4.98 Å². The van der Waals surface area contributed by atoms with Crippen molar-refractivity contribution in [2.75, 3.05) is 17.2 Å². The molecule has 0 spiro atoms. The van der Waals surface area contributed by atoms with Crippen molar-refractivity contribution in [1.82, 2.24) is 35.1 Å². The highest BCUT2D eigenvalue weighted by molar-refractivity contribution is 5.62. The van der Waals surface area contributed by atoms with Crippen molar-refractivity contribution in [2.24, 2.45) is 0 Å². The number of piperidine rings is 1. The van der Waals surface area contributed by atoms with Crippen molar-refractivity contribution in [3.8, 4) is 5.69 Å². The van der Waals surface area contributed by atoms with Crippen LogP contribution in [0.3, 0.4) is 0 Å². The SMILES string of the molecule is CC1(C)CC(Nc2nc(Nc3cc(-n4cnnn4)c(C4CC4)cc3F)ncc2F)CC2CCCN21. The third kappa shape index (κ3) is 4.33. The second kappa shape index (κ2) is 8.47. The lowest BCUT2D eigenvalue weighted by molar-refractivity contribution is 0.0500. The van der Waals surface area contributed by atoms with E-state index in [1.54, 1.807) is 6.07 Å². The maximum absolute atomic E-state index is 15.0. The molecule has 3 aliphatic rings. The molecule has 2 unspecified atom stereocenters. The van der Waals surface area contributed by atoms with Gasteiger partial charge in [0.2, 0.25) is 5.95 Å². The number of tetrazole rings is 1. The molecule has 0 amide bonds. The Balaban J connectivity index is 1.25. The summed E-state index contributed by atoms with van der Waals surface area (Å²) in [6, 6.07) is 3.76. The van der Waals surface area contributed by atoms with Crippen LogP contribution >= 0.6 is 0 Å². The molecule has 2 atom stereocenters. The van der Waals surface area contributed by atoms with E-state index < -0.39 is 11.6 Å². The third-order valence-corrected chi connectivity index (χ3v) is 7.52. The zero-order valence-electron chi connectivity index (χ0n) is 19.9. The Morgan fingerprint density at radius 3 is 2.74 bits per heavy atom. The molecule has 6 rings (SSSR count). The van der Waals surface area contributed by atoms with Crippen LogP contribution in [-0.4, -0.2) is 59.2 Å². The van der Waals surface area contributed by atoms with Crippen LogP contribution in [0.2, 0.25) is 0 Å². The number of fused-ring (bicyclic) bond motifs is 1. The van der Waals surface area contributed by atoms with E-state index in [1.165, 1.54) is 29.9 Å². The van der Waals surface area contributed by atoms with E-state index in [0.717, 1.165) is 44.0 Å². The van der Waals surface area contributed by atoms with Gasteiger partial charge in [0.1, 0.15) is 12.1 Å². The number of anilines is 3. The fraction of sp³-hybridized carbons (Fsp3) is 0.542. The summed E-state index contributed by atoms with van der Waals surface area (Å²) < 4.78 is 31.2. The summed E-state index contributed by atoms with van der Waals surface area (Å²) in [5.41, 5.74) is 1.79. The van der Waals surface area contributed by atoms with Gasteiger partial charge in [0, 0.05) is 17.6 Å². The van der Waals surface area contributed by atoms with Crippen LogP contribution in [0.5, 0.6) is 0 Å². The van der Waals surface area contributed by atoms with E-state index in [-0.39, 0.29) is 29.0 Å². The number of nitrogens with zero attached hydrogens (tertiary/aromatic N) is 7. The second-order valence-corrected chi connectivity index (χ2v) is 10.5. The van der Waals surface area contributed by atoms with Gasteiger partial charge >= 0.3 is 0 Å². The van der Waals surface area contributed by atoms with Gasteiger partial charge in [-0.25, -0.2) is 18.4 Å². The quantitative estimate of drug-likeness (QED) is 0.542. The van der Waals surface area contributed by atoms with Crippen LogP contribution in [0, 0.1) is 11.6 Å². The first kappa shape index (κ1) is 22.3. The van der Waals surface area contributed by atoms with Crippen molar-refractivity contribution in [3.63, 3.8) is 0 Å². The number of aromatic nitrogens is 6. The molecule has 11 heteroatoms. The molecule has 3 fully saturated rings. The van der Waals surface area contributed by atoms with E-state index in [4.69, 9.17) is 0 Å². The molecule has 2 saturated heterocycles. The van der Waals surface area contributed by atoms with Gasteiger partial charge in [-0.1, -0.05) is 0 Å². The average Bonchev–Trinajstić information content (AvgIpc) is 3.28. The Hall–Kier alpha value is -3.21. The van der Waals surface area contributed by atoms with Crippen molar-refractivity contribution in [1.29, 1.82) is 0 Å². The predicted octanol–water partition coefficient (Wildman–Crippen LogP) is 4.17. The predicted molar refractivity (Wildman–Crippen MR) is 127 cm³/mol. The molecule has 0 bridgehead atoms. The lowest BCUT2D eigenvalue weighted by Crippen LogP contribution is -2.55. The van der Waals surface area contributed by atoms with E-state index in [2.05, 4.69) is 54.9 Å². The van der Waals surface area contributed by atoms with E-state index >= 15 is 4.39 Å². The highest BCUT2D eigenvalue weighted by Crippen LogP contribution is 2.44. The van der Waals surface area contributed by atoms with Crippen LogP contribution in [0.15, 0.2) is 24.7 Å². The van der Waals surface area contributed by atoms with E-state index in [0.29, 0.717) is 17.6 Å². The van der Waals surface area contributed by atoms with E-state index in [1.807, 2.05) is 0 Å². The molecule has 2 N–H and O–H groups in total. The smallest absolute Gasteiger partial charge is 0.229 e. The fourth-order valence-electron chi connectivity index (χ4n) is 5.83. The minimum absolute atomic E-state index is 0.0424. The van der Waals surface area contributed by atoms with Gasteiger partial charge < -0.3 is 10.6 Å². The molecule has 3 aromatic rings. The van der Waals surface area contributed by atoms with Gasteiger partial charge in [-0.3, -0.25) is 4.90 Å². The first-order chi connectivity index (χ1) is 16.9. The lowest BCUT2D eigenvalue weighted by Gasteiger charge is -2.47. The molecule has 1 saturated carbocycles. The Labute approximate surface area is 202 Å². The number of hydrogen-bond acceptors (Lipinski definition) is 8.